The van der Waals surface area contributed by atoms with E-state index < -0.39 is 5.41 Å². The van der Waals surface area contributed by atoms with Gasteiger partial charge in [0.25, 0.3) is 5.91 Å². The number of carbonyl (C=O) groups excluding carboxylic acids is 2. The first kappa shape index (κ1) is 17.4. The highest BCUT2D eigenvalue weighted by Crippen LogP contribution is 2.49. The van der Waals surface area contributed by atoms with E-state index in [2.05, 4.69) is 10.6 Å². The second kappa shape index (κ2) is 7.23. The predicted octanol–water partition coefficient (Wildman–Crippen LogP) is 3.06. The van der Waals surface area contributed by atoms with E-state index in [0.29, 0.717) is 29.0 Å². The molecule has 1 aliphatic carbocycles. The summed E-state index contributed by atoms with van der Waals surface area (Å²) in [6.45, 7) is 0.536. The SMILES string of the molecule is O=C(NCCNC(=O)C1(c2ccccc2F)CC1)c1ccccc1Cl. The lowest BCUT2D eigenvalue weighted by atomic mass is 9.94. The third-order valence-corrected chi connectivity index (χ3v) is 4.72. The molecule has 4 nitrogen and oxygen atoms in total. The number of hydrogen-bond donors (Lipinski definition) is 2. The summed E-state index contributed by atoms with van der Waals surface area (Å²) in [6.07, 6.45) is 1.26. The fourth-order valence-electron chi connectivity index (χ4n) is 2.85. The lowest BCUT2D eigenvalue weighted by Gasteiger charge is -2.16. The molecule has 0 atom stereocenters. The third kappa shape index (κ3) is 3.66. The molecule has 0 bridgehead atoms. The summed E-state index contributed by atoms with van der Waals surface area (Å²) in [6, 6.07) is 13.1. The van der Waals surface area contributed by atoms with Gasteiger partial charge in [-0.1, -0.05) is 41.9 Å². The van der Waals surface area contributed by atoms with Gasteiger partial charge in [-0.05, 0) is 31.0 Å². The van der Waals surface area contributed by atoms with Crippen LogP contribution in [0.3, 0.4) is 0 Å². The average molecular weight is 361 g/mol. The highest BCUT2D eigenvalue weighted by molar-refractivity contribution is 6.33. The third-order valence-electron chi connectivity index (χ3n) is 4.39. The Labute approximate surface area is 150 Å². The minimum atomic E-state index is -0.766. The van der Waals surface area contributed by atoms with Crippen LogP contribution in [0.4, 0.5) is 4.39 Å². The van der Waals surface area contributed by atoms with E-state index in [1.807, 2.05) is 0 Å². The molecule has 2 N–H and O–H groups in total. The van der Waals surface area contributed by atoms with E-state index in [0.717, 1.165) is 0 Å². The molecule has 6 heteroatoms. The number of halogens is 2. The topological polar surface area (TPSA) is 58.2 Å². The first-order valence-electron chi connectivity index (χ1n) is 8.11. The second-order valence-corrected chi connectivity index (χ2v) is 6.46. The van der Waals surface area contributed by atoms with Crippen molar-refractivity contribution in [3.05, 3.63) is 70.5 Å². The van der Waals surface area contributed by atoms with Crippen LogP contribution >= 0.6 is 11.6 Å². The molecule has 0 aliphatic heterocycles. The van der Waals surface area contributed by atoms with Crippen molar-refractivity contribution in [2.24, 2.45) is 0 Å². The molecule has 25 heavy (non-hydrogen) atoms. The standard InChI is InChI=1S/C19H18ClFN2O2/c20-15-7-3-1-5-13(15)17(24)22-11-12-23-18(25)19(9-10-19)14-6-2-4-8-16(14)21/h1-8H,9-12H2,(H,22,24)(H,23,25). The van der Waals surface area contributed by atoms with Gasteiger partial charge in [-0.3, -0.25) is 9.59 Å². The minimum Gasteiger partial charge on any atom is -0.354 e. The molecule has 0 radical (unpaired) electrons. The number of hydrogen-bond acceptors (Lipinski definition) is 2. The summed E-state index contributed by atoms with van der Waals surface area (Å²) in [5.41, 5.74) is 0.0612. The number of benzene rings is 2. The molecule has 0 aromatic heterocycles. The number of carbonyl (C=O) groups is 2. The van der Waals surface area contributed by atoms with E-state index in [9.17, 15) is 14.0 Å². The molecule has 2 aromatic carbocycles. The van der Waals surface area contributed by atoms with Gasteiger partial charge in [-0.15, -0.1) is 0 Å². The summed E-state index contributed by atoms with van der Waals surface area (Å²) in [7, 11) is 0. The average Bonchev–Trinajstić information content (AvgIpc) is 3.41. The number of amides is 2. The van der Waals surface area contributed by atoms with Crippen LogP contribution in [-0.4, -0.2) is 24.9 Å². The Morgan fingerprint density at radius 2 is 1.64 bits per heavy atom. The maximum atomic E-state index is 14.0. The van der Waals surface area contributed by atoms with Crippen LogP contribution in [0.15, 0.2) is 48.5 Å². The van der Waals surface area contributed by atoms with Gasteiger partial charge < -0.3 is 10.6 Å². The summed E-state index contributed by atoms with van der Waals surface area (Å²) < 4.78 is 14.0. The molecule has 0 spiro atoms. The zero-order valence-electron chi connectivity index (χ0n) is 13.5. The first-order chi connectivity index (χ1) is 12.0. The van der Waals surface area contributed by atoms with Crippen LogP contribution in [-0.2, 0) is 10.2 Å². The molecule has 0 saturated heterocycles. The second-order valence-electron chi connectivity index (χ2n) is 6.05. The zero-order valence-corrected chi connectivity index (χ0v) is 14.3. The van der Waals surface area contributed by atoms with Crippen LogP contribution in [0.5, 0.6) is 0 Å². The summed E-state index contributed by atoms with van der Waals surface area (Å²) in [5.74, 6) is -0.859. The van der Waals surface area contributed by atoms with Gasteiger partial charge in [0.2, 0.25) is 5.91 Å². The van der Waals surface area contributed by atoms with Crippen molar-refractivity contribution in [3.8, 4) is 0 Å². The molecule has 130 valence electrons. The van der Waals surface area contributed by atoms with Crippen LogP contribution in [0, 0.1) is 5.82 Å². The lowest BCUT2D eigenvalue weighted by Crippen LogP contribution is -2.40. The van der Waals surface area contributed by atoms with Gasteiger partial charge in [0, 0.05) is 18.7 Å². The van der Waals surface area contributed by atoms with Gasteiger partial charge in [0.15, 0.2) is 0 Å². The van der Waals surface area contributed by atoms with Gasteiger partial charge in [-0.2, -0.15) is 0 Å². The molecule has 0 unspecified atom stereocenters. The van der Waals surface area contributed by atoms with Crippen LogP contribution < -0.4 is 10.6 Å². The Balaban J connectivity index is 1.51. The van der Waals surface area contributed by atoms with Crippen molar-refractivity contribution in [1.29, 1.82) is 0 Å². The van der Waals surface area contributed by atoms with Gasteiger partial charge >= 0.3 is 0 Å². The first-order valence-corrected chi connectivity index (χ1v) is 8.48. The van der Waals surface area contributed by atoms with Gasteiger partial charge in [-0.25, -0.2) is 4.39 Å². The lowest BCUT2D eigenvalue weighted by molar-refractivity contribution is -0.123. The van der Waals surface area contributed by atoms with Gasteiger partial charge in [0.1, 0.15) is 5.82 Å². The highest BCUT2D eigenvalue weighted by Gasteiger charge is 2.52. The Bertz CT molecular complexity index is 806. The molecule has 3 rings (SSSR count). The Morgan fingerprint density at radius 1 is 1.00 bits per heavy atom. The van der Waals surface area contributed by atoms with E-state index in [4.69, 9.17) is 11.6 Å². The Morgan fingerprint density at radius 3 is 2.32 bits per heavy atom. The molecule has 1 saturated carbocycles. The Hall–Kier alpha value is -2.40. The smallest absolute Gasteiger partial charge is 0.252 e. The highest BCUT2D eigenvalue weighted by atomic mass is 35.5. The number of nitrogens with one attached hydrogen (secondary N) is 2. The van der Waals surface area contributed by atoms with E-state index in [1.165, 1.54) is 6.07 Å². The summed E-state index contributed by atoms with van der Waals surface area (Å²) in [5, 5.41) is 5.86. The largest absolute Gasteiger partial charge is 0.354 e. The van der Waals surface area contributed by atoms with Crippen molar-refractivity contribution in [2.75, 3.05) is 13.1 Å². The van der Waals surface area contributed by atoms with E-state index in [1.54, 1.807) is 42.5 Å². The zero-order chi connectivity index (χ0) is 17.9. The van der Waals surface area contributed by atoms with Crippen molar-refractivity contribution in [2.45, 2.75) is 18.3 Å². The van der Waals surface area contributed by atoms with Crippen molar-refractivity contribution >= 4 is 23.4 Å². The fourth-order valence-corrected chi connectivity index (χ4v) is 3.08. The van der Waals surface area contributed by atoms with E-state index >= 15 is 0 Å². The maximum absolute atomic E-state index is 14.0. The minimum absolute atomic E-state index is 0.204. The van der Waals surface area contributed by atoms with Crippen LogP contribution in [0.25, 0.3) is 0 Å². The van der Waals surface area contributed by atoms with Crippen molar-refractivity contribution in [1.82, 2.24) is 10.6 Å². The normalized spacial score (nSPS) is 14.6. The van der Waals surface area contributed by atoms with Crippen LogP contribution in [0.2, 0.25) is 5.02 Å². The monoisotopic (exact) mass is 360 g/mol. The molecule has 1 fully saturated rings. The van der Waals surface area contributed by atoms with Crippen molar-refractivity contribution in [3.63, 3.8) is 0 Å². The molecular weight excluding hydrogens is 343 g/mol. The fraction of sp³-hybridized carbons (Fsp3) is 0.263. The Kier molecular flexibility index (Phi) is 5.04. The summed E-state index contributed by atoms with van der Waals surface area (Å²) >= 11 is 5.97. The maximum Gasteiger partial charge on any atom is 0.252 e. The van der Waals surface area contributed by atoms with Crippen molar-refractivity contribution < 1.29 is 14.0 Å². The number of rotatable bonds is 6. The predicted molar refractivity (Wildman–Crippen MR) is 94.1 cm³/mol. The molecule has 2 aromatic rings. The summed E-state index contributed by atoms with van der Waals surface area (Å²) in [4.78, 5) is 24.5. The molecule has 1 aliphatic rings. The van der Waals surface area contributed by atoms with Gasteiger partial charge in [0.05, 0.1) is 16.0 Å². The molecule has 0 heterocycles. The van der Waals surface area contributed by atoms with Crippen LogP contribution in [0.1, 0.15) is 28.8 Å². The molecular formula is C19H18ClFN2O2. The quantitative estimate of drug-likeness (QED) is 0.778. The molecule has 2 amide bonds. The van der Waals surface area contributed by atoms with E-state index in [-0.39, 0.29) is 30.7 Å².